The average Bonchev–Trinajstić information content (AvgIpc) is 2.04. The van der Waals surface area contributed by atoms with Gasteiger partial charge in [0.05, 0.1) is 5.56 Å². The number of hydrogen-bond acceptors (Lipinski definition) is 4. The molecule has 4 nitrogen and oxygen atoms in total. The molecule has 0 amide bonds. The molecule has 0 spiro atoms. The van der Waals surface area contributed by atoms with Crippen molar-refractivity contribution < 1.29 is 14.3 Å². The average molecular weight is 179 g/mol. The predicted molar refractivity (Wildman–Crippen MR) is 45.1 cm³/mol. The van der Waals surface area contributed by atoms with Gasteiger partial charge < -0.3 is 4.74 Å². The summed E-state index contributed by atoms with van der Waals surface area (Å²) in [7, 11) is 0. The number of nitrogens with zero attached hydrogens (tertiary/aromatic N) is 1. The van der Waals surface area contributed by atoms with Gasteiger partial charge in [-0.15, -0.1) is 0 Å². The summed E-state index contributed by atoms with van der Waals surface area (Å²) in [4.78, 5) is 25.4. The number of aryl methyl sites for hydroxylation is 1. The molecule has 68 valence electrons. The van der Waals surface area contributed by atoms with Crippen LogP contribution < -0.4 is 0 Å². The van der Waals surface area contributed by atoms with E-state index in [1.54, 1.807) is 19.1 Å². The van der Waals surface area contributed by atoms with Crippen molar-refractivity contribution >= 4 is 11.9 Å². The highest BCUT2D eigenvalue weighted by Crippen LogP contribution is 2.01. The zero-order valence-electron chi connectivity index (χ0n) is 7.40. The predicted octanol–water partition coefficient (Wildman–Crippen LogP) is 1.09. The Morgan fingerprint density at radius 1 is 1.38 bits per heavy atom. The molecule has 0 unspecified atom stereocenters. The van der Waals surface area contributed by atoms with Crippen molar-refractivity contribution in [1.82, 2.24) is 4.98 Å². The van der Waals surface area contributed by atoms with Crippen molar-refractivity contribution in [1.29, 1.82) is 0 Å². The van der Waals surface area contributed by atoms with Crippen LogP contribution in [0.3, 0.4) is 0 Å². The minimum Gasteiger partial charge on any atom is -0.390 e. The maximum Gasteiger partial charge on any atom is 0.347 e. The van der Waals surface area contributed by atoms with Gasteiger partial charge in [-0.3, -0.25) is 9.78 Å². The summed E-state index contributed by atoms with van der Waals surface area (Å²) < 4.78 is 4.36. The Bertz CT molecular complexity index is 329. The number of esters is 2. The highest BCUT2D eigenvalue weighted by Gasteiger charge is 2.08. The van der Waals surface area contributed by atoms with Crippen LogP contribution in [0.5, 0.6) is 0 Å². The molecule has 0 atom stereocenters. The van der Waals surface area contributed by atoms with Crippen molar-refractivity contribution in [3.05, 3.63) is 29.6 Å². The Kier molecular flexibility index (Phi) is 2.74. The van der Waals surface area contributed by atoms with Gasteiger partial charge >= 0.3 is 11.9 Å². The Labute approximate surface area is 75.5 Å². The molecule has 0 N–H and O–H groups in total. The van der Waals surface area contributed by atoms with E-state index in [1.165, 1.54) is 13.1 Å². The molecule has 0 saturated carbocycles. The molecule has 4 heteroatoms. The highest BCUT2D eigenvalue weighted by atomic mass is 16.6. The molecule has 1 heterocycles. The standard InChI is InChI=1S/C9H9NO3/c1-6-3-4-8(5-10-6)9(12)13-7(2)11/h3-5H,1-2H3. The van der Waals surface area contributed by atoms with Crippen LogP contribution in [-0.2, 0) is 9.53 Å². The highest BCUT2D eigenvalue weighted by molar-refractivity contribution is 5.95. The van der Waals surface area contributed by atoms with E-state index in [1.807, 2.05) is 0 Å². The van der Waals surface area contributed by atoms with E-state index in [4.69, 9.17) is 0 Å². The third-order valence-electron chi connectivity index (χ3n) is 1.38. The van der Waals surface area contributed by atoms with Gasteiger partial charge in [0.1, 0.15) is 0 Å². The fraction of sp³-hybridized carbons (Fsp3) is 0.222. The second-order valence-electron chi connectivity index (χ2n) is 2.57. The van der Waals surface area contributed by atoms with Gasteiger partial charge in [-0.1, -0.05) is 0 Å². The zero-order chi connectivity index (χ0) is 9.84. The Hall–Kier alpha value is -1.71. The summed E-state index contributed by atoms with van der Waals surface area (Å²) in [5.41, 5.74) is 1.08. The van der Waals surface area contributed by atoms with Crippen LogP contribution in [0.4, 0.5) is 0 Å². The number of hydrogen-bond donors (Lipinski definition) is 0. The van der Waals surface area contributed by atoms with Crippen LogP contribution in [0, 0.1) is 6.92 Å². The number of rotatable bonds is 1. The van der Waals surface area contributed by atoms with E-state index in [0.29, 0.717) is 0 Å². The minimum absolute atomic E-state index is 0.279. The summed E-state index contributed by atoms with van der Waals surface area (Å²) in [6, 6.07) is 3.24. The number of carbonyl (C=O) groups excluding carboxylic acids is 2. The maximum atomic E-state index is 11.1. The summed E-state index contributed by atoms with van der Waals surface area (Å²) in [6.07, 6.45) is 1.38. The van der Waals surface area contributed by atoms with Crippen molar-refractivity contribution in [3.63, 3.8) is 0 Å². The lowest BCUT2D eigenvalue weighted by Gasteiger charge is -1.98. The van der Waals surface area contributed by atoms with Crippen molar-refractivity contribution in [2.75, 3.05) is 0 Å². The van der Waals surface area contributed by atoms with E-state index in [0.717, 1.165) is 5.69 Å². The first kappa shape index (κ1) is 9.38. The largest absolute Gasteiger partial charge is 0.390 e. The first-order valence-corrected chi connectivity index (χ1v) is 3.75. The Balaban J connectivity index is 2.78. The van der Waals surface area contributed by atoms with Gasteiger partial charge in [-0.2, -0.15) is 0 Å². The summed E-state index contributed by atoms with van der Waals surface area (Å²) in [5.74, 6) is -1.29. The van der Waals surface area contributed by atoms with Crippen molar-refractivity contribution in [2.24, 2.45) is 0 Å². The van der Waals surface area contributed by atoms with E-state index in [9.17, 15) is 9.59 Å². The molecule has 0 fully saturated rings. The molecule has 1 aromatic rings. The molecule has 0 bridgehead atoms. The summed E-state index contributed by atoms with van der Waals surface area (Å²) in [6.45, 7) is 2.99. The fourth-order valence-corrected chi connectivity index (χ4v) is 0.778. The number of aromatic nitrogens is 1. The first-order valence-electron chi connectivity index (χ1n) is 3.75. The Morgan fingerprint density at radius 3 is 2.54 bits per heavy atom. The smallest absolute Gasteiger partial charge is 0.347 e. The van der Waals surface area contributed by atoms with Crippen LogP contribution in [0.1, 0.15) is 23.0 Å². The first-order chi connectivity index (χ1) is 6.09. The third kappa shape index (κ3) is 2.66. The van der Waals surface area contributed by atoms with Gasteiger partial charge in [-0.25, -0.2) is 4.79 Å². The second kappa shape index (κ2) is 3.80. The quantitative estimate of drug-likeness (QED) is 0.478. The Morgan fingerprint density at radius 2 is 2.08 bits per heavy atom. The second-order valence-corrected chi connectivity index (χ2v) is 2.57. The molecule has 0 aliphatic heterocycles. The normalized spacial score (nSPS) is 9.38. The molecule has 1 rings (SSSR count). The topological polar surface area (TPSA) is 56.3 Å². The van der Waals surface area contributed by atoms with Crippen molar-refractivity contribution in [3.8, 4) is 0 Å². The molecule has 0 aliphatic carbocycles. The van der Waals surface area contributed by atoms with Crippen LogP contribution in [0.15, 0.2) is 18.3 Å². The number of carbonyl (C=O) groups is 2. The van der Waals surface area contributed by atoms with Crippen LogP contribution in [0.2, 0.25) is 0 Å². The van der Waals surface area contributed by atoms with E-state index < -0.39 is 11.9 Å². The summed E-state index contributed by atoms with van der Waals surface area (Å²) in [5, 5.41) is 0. The molecule has 13 heavy (non-hydrogen) atoms. The SMILES string of the molecule is CC(=O)OC(=O)c1ccc(C)nc1. The van der Waals surface area contributed by atoms with E-state index >= 15 is 0 Å². The summed E-state index contributed by atoms with van der Waals surface area (Å²) >= 11 is 0. The molecule has 0 aliphatic rings. The molecule has 1 aromatic heterocycles. The molecule has 0 saturated heterocycles. The molecular weight excluding hydrogens is 170 g/mol. The zero-order valence-corrected chi connectivity index (χ0v) is 7.40. The van der Waals surface area contributed by atoms with Gasteiger partial charge in [0.15, 0.2) is 0 Å². The van der Waals surface area contributed by atoms with Crippen LogP contribution in [-0.4, -0.2) is 16.9 Å². The monoisotopic (exact) mass is 179 g/mol. The van der Waals surface area contributed by atoms with Crippen molar-refractivity contribution in [2.45, 2.75) is 13.8 Å². The lowest BCUT2D eigenvalue weighted by molar-refractivity contribution is -0.135. The van der Waals surface area contributed by atoms with Crippen LogP contribution >= 0.6 is 0 Å². The fourth-order valence-electron chi connectivity index (χ4n) is 0.778. The molecule has 0 aromatic carbocycles. The van der Waals surface area contributed by atoms with Gasteiger partial charge in [-0.05, 0) is 19.1 Å². The van der Waals surface area contributed by atoms with Gasteiger partial charge in [0.2, 0.25) is 0 Å². The lowest BCUT2D eigenvalue weighted by atomic mass is 10.2. The number of pyridine rings is 1. The third-order valence-corrected chi connectivity index (χ3v) is 1.38. The van der Waals surface area contributed by atoms with E-state index in [-0.39, 0.29) is 5.56 Å². The van der Waals surface area contributed by atoms with Gasteiger partial charge in [0.25, 0.3) is 0 Å². The van der Waals surface area contributed by atoms with E-state index in [2.05, 4.69) is 9.72 Å². The molecule has 0 radical (unpaired) electrons. The van der Waals surface area contributed by atoms with Crippen LogP contribution in [0.25, 0.3) is 0 Å². The minimum atomic E-state index is -0.667. The van der Waals surface area contributed by atoms with Gasteiger partial charge in [0, 0.05) is 18.8 Å². The number of ether oxygens (including phenoxy) is 1. The molecular formula is C9H9NO3. The maximum absolute atomic E-state index is 11.1. The lowest BCUT2D eigenvalue weighted by Crippen LogP contribution is -2.09.